The summed E-state index contributed by atoms with van der Waals surface area (Å²) in [6.45, 7) is 13.8. The highest BCUT2D eigenvalue weighted by Gasteiger charge is 2.13. The zero-order valence-electron chi connectivity index (χ0n) is 12.1. The number of rotatable bonds is 3. The molecule has 0 heterocycles. The Bertz CT molecular complexity index is 335. The molecule has 0 unspecified atom stereocenters. The Labute approximate surface area is 106 Å². The molecule has 0 aliphatic heterocycles. The molecule has 1 aromatic rings. The molecule has 0 bridgehead atoms. The van der Waals surface area contributed by atoms with Crippen LogP contribution in [0.3, 0.4) is 0 Å². The van der Waals surface area contributed by atoms with Gasteiger partial charge in [-0.1, -0.05) is 45.0 Å². The van der Waals surface area contributed by atoms with E-state index in [2.05, 4.69) is 65.8 Å². The largest absolute Gasteiger partial charge is 0.376 e. The van der Waals surface area contributed by atoms with Crippen LogP contribution in [0.5, 0.6) is 0 Å². The molecule has 0 amide bonds. The summed E-state index contributed by atoms with van der Waals surface area (Å²) in [5, 5.41) is 0. The first-order valence-electron chi connectivity index (χ1n) is 6.42. The lowest BCUT2D eigenvalue weighted by atomic mass is 9.86. The second-order valence-electron chi connectivity index (χ2n) is 6.66. The smallest absolute Gasteiger partial charge is 0.0598 e. The summed E-state index contributed by atoms with van der Waals surface area (Å²) in [4.78, 5) is 0. The minimum Gasteiger partial charge on any atom is -0.376 e. The van der Waals surface area contributed by atoms with Gasteiger partial charge in [-0.2, -0.15) is 0 Å². The van der Waals surface area contributed by atoms with Crippen LogP contribution in [0.25, 0.3) is 0 Å². The lowest BCUT2D eigenvalue weighted by molar-refractivity contribution is -0.000977. The van der Waals surface area contributed by atoms with Gasteiger partial charge in [0.15, 0.2) is 0 Å². The first-order chi connectivity index (χ1) is 7.68. The molecule has 0 atom stereocenters. The third kappa shape index (κ3) is 5.36. The molecule has 0 spiro atoms. The fraction of sp³-hybridized carbons (Fsp3) is 0.625. The zero-order chi connectivity index (χ0) is 13.1. The topological polar surface area (TPSA) is 9.23 Å². The van der Waals surface area contributed by atoms with Crippen LogP contribution in [0.2, 0.25) is 0 Å². The molecule has 0 aliphatic carbocycles. The van der Waals surface area contributed by atoms with Crippen molar-refractivity contribution in [1.82, 2.24) is 0 Å². The van der Waals surface area contributed by atoms with Gasteiger partial charge in [-0.25, -0.2) is 0 Å². The monoisotopic (exact) mass is 234 g/mol. The van der Waals surface area contributed by atoms with Crippen LogP contribution in [-0.4, -0.2) is 12.2 Å². The van der Waals surface area contributed by atoms with Gasteiger partial charge >= 0.3 is 0 Å². The Balaban J connectivity index is 2.52. The zero-order valence-corrected chi connectivity index (χ0v) is 12.1. The van der Waals surface area contributed by atoms with Gasteiger partial charge in [-0.3, -0.25) is 0 Å². The minimum atomic E-state index is -0.0364. The lowest BCUT2D eigenvalue weighted by Gasteiger charge is -2.20. The van der Waals surface area contributed by atoms with Crippen LogP contribution in [0, 0.1) is 0 Å². The molecule has 0 N–H and O–H groups in total. The number of hydrogen-bond acceptors (Lipinski definition) is 1. The summed E-state index contributed by atoms with van der Waals surface area (Å²) in [5.41, 5.74) is 2.94. The van der Waals surface area contributed by atoms with Gasteiger partial charge in [0.1, 0.15) is 0 Å². The summed E-state index contributed by atoms with van der Waals surface area (Å²) in [6, 6.07) is 8.89. The van der Waals surface area contributed by atoms with Crippen molar-refractivity contribution >= 4 is 0 Å². The predicted molar refractivity (Wildman–Crippen MR) is 74.6 cm³/mol. The van der Waals surface area contributed by atoms with E-state index in [1.54, 1.807) is 0 Å². The van der Waals surface area contributed by atoms with Gasteiger partial charge in [-0.15, -0.1) is 0 Å². The van der Waals surface area contributed by atoms with Gasteiger partial charge in [-0.05, 0) is 43.7 Å². The van der Waals surface area contributed by atoms with Crippen molar-refractivity contribution in [2.75, 3.05) is 6.61 Å². The Morgan fingerprint density at radius 2 is 1.41 bits per heavy atom. The fourth-order valence-electron chi connectivity index (χ4n) is 1.65. The van der Waals surface area contributed by atoms with Gasteiger partial charge < -0.3 is 4.74 Å². The van der Waals surface area contributed by atoms with Crippen LogP contribution in [-0.2, 0) is 16.6 Å². The second-order valence-corrected chi connectivity index (χ2v) is 6.66. The number of benzene rings is 1. The molecule has 1 aromatic carbocycles. The molecule has 17 heavy (non-hydrogen) atoms. The molecule has 0 saturated heterocycles. The molecule has 1 heteroatoms. The summed E-state index contributed by atoms with van der Waals surface area (Å²) in [5.74, 6) is 0. The van der Waals surface area contributed by atoms with E-state index in [4.69, 9.17) is 4.74 Å². The van der Waals surface area contributed by atoms with E-state index >= 15 is 0 Å². The van der Waals surface area contributed by atoms with Crippen LogP contribution in [0.1, 0.15) is 52.7 Å². The normalized spacial score (nSPS) is 12.8. The Morgan fingerprint density at radius 3 is 1.82 bits per heavy atom. The molecule has 0 fully saturated rings. The van der Waals surface area contributed by atoms with E-state index in [1.807, 2.05) is 0 Å². The third-order valence-electron chi connectivity index (χ3n) is 2.75. The van der Waals surface area contributed by atoms with Gasteiger partial charge in [0.2, 0.25) is 0 Å². The SMILES string of the molecule is CC(C)(C)OCCc1ccc(C(C)(C)C)cc1. The lowest BCUT2D eigenvalue weighted by Crippen LogP contribution is -2.20. The molecule has 1 nitrogen and oxygen atoms in total. The summed E-state index contributed by atoms with van der Waals surface area (Å²) < 4.78 is 5.73. The number of ether oxygens (including phenoxy) is 1. The summed E-state index contributed by atoms with van der Waals surface area (Å²) in [6.07, 6.45) is 0.988. The molecule has 0 saturated carbocycles. The van der Waals surface area contributed by atoms with Crippen molar-refractivity contribution in [3.63, 3.8) is 0 Å². The van der Waals surface area contributed by atoms with Crippen LogP contribution in [0.4, 0.5) is 0 Å². The summed E-state index contributed by atoms with van der Waals surface area (Å²) in [7, 11) is 0. The average molecular weight is 234 g/mol. The maximum absolute atomic E-state index is 5.73. The molecule has 0 aliphatic rings. The Morgan fingerprint density at radius 1 is 0.882 bits per heavy atom. The number of hydrogen-bond donors (Lipinski definition) is 0. The highest BCUT2D eigenvalue weighted by Crippen LogP contribution is 2.22. The van der Waals surface area contributed by atoms with Crippen molar-refractivity contribution in [2.24, 2.45) is 0 Å². The third-order valence-corrected chi connectivity index (χ3v) is 2.75. The van der Waals surface area contributed by atoms with Crippen molar-refractivity contribution < 1.29 is 4.74 Å². The standard InChI is InChI=1S/C16H26O/c1-15(2,3)14-9-7-13(8-10-14)11-12-17-16(4,5)6/h7-10H,11-12H2,1-6H3. The van der Waals surface area contributed by atoms with E-state index in [0.29, 0.717) is 0 Å². The van der Waals surface area contributed by atoms with E-state index in [9.17, 15) is 0 Å². The van der Waals surface area contributed by atoms with Crippen LogP contribution < -0.4 is 0 Å². The molecule has 1 rings (SSSR count). The molecular weight excluding hydrogens is 208 g/mol. The highest BCUT2D eigenvalue weighted by molar-refractivity contribution is 5.27. The van der Waals surface area contributed by atoms with E-state index in [1.165, 1.54) is 11.1 Å². The fourth-order valence-corrected chi connectivity index (χ4v) is 1.65. The Hall–Kier alpha value is -0.820. The van der Waals surface area contributed by atoms with Crippen molar-refractivity contribution in [2.45, 2.75) is 59.0 Å². The van der Waals surface area contributed by atoms with Crippen molar-refractivity contribution in [3.05, 3.63) is 35.4 Å². The van der Waals surface area contributed by atoms with Gasteiger partial charge in [0, 0.05) is 0 Å². The first kappa shape index (κ1) is 14.2. The van der Waals surface area contributed by atoms with E-state index < -0.39 is 0 Å². The van der Waals surface area contributed by atoms with E-state index in [0.717, 1.165) is 13.0 Å². The van der Waals surface area contributed by atoms with Gasteiger partial charge in [0.25, 0.3) is 0 Å². The van der Waals surface area contributed by atoms with Crippen molar-refractivity contribution in [3.8, 4) is 0 Å². The average Bonchev–Trinajstić information content (AvgIpc) is 2.15. The van der Waals surface area contributed by atoms with E-state index in [-0.39, 0.29) is 11.0 Å². The highest BCUT2D eigenvalue weighted by atomic mass is 16.5. The Kier molecular flexibility index (Phi) is 4.37. The molecule has 96 valence electrons. The second kappa shape index (κ2) is 5.22. The van der Waals surface area contributed by atoms with Crippen LogP contribution in [0.15, 0.2) is 24.3 Å². The maximum Gasteiger partial charge on any atom is 0.0598 e. The molecule has 0 radical (unpaired) electrons. The quantitative estimate of drug-likeness (QED) is 0.756. The maximum atomic E-state index is 5.73. The minimum absolute atomic E-state index is 0.0364. The first-order valence-corrected chi connectivity index (χ1v) is 6.42. The van der Waals surface area contributed by atoms with Crippen LogP contribution >= 0.6 is 0 Å². The van der Waals surface area contributed by atoms with Crippen molar-refractivity contribution in [1.29, 1.82) is 0 Å². The van der Waals surface area contributed by atoms with Gasteiger partial charge in [0.05, 0.1) is 12.2 Å². The molecule has 0 aromatic heterocycles. The predicted octanol–water partition coefficient (Wildman–Crippen LogP) is 4.34. The molecular formula is C16H26O. The summed E-state index contributed by atoms with van der Waals surface area (Å²) >= 11 is 0.